The zero-order chi connectivity index (χ0) is 16.6. The highest BCUT2D eigenvalue weighted by molar-refractivity contribution is 7.89. The second-order valence-electron chi connectivity index (χ2n) is 4.95. The van der Waals surface area contributed by atoms with Gasteiger partial charge < -0.3 is 0 Å². The molecule has 1 amide bonds. The lowest BCUT2D eigenvalue weighted by Gasteiger charge is -2.11. The van der Waals surface area contributed by atoms with E-state index in [1.165, 1.54) is 23.5 Å². The predicted octanol–water partition coefficient (Wildman–Crippen LogP) is 3.14. The van der Waals surface area contributed by atoms with Gasteiger partial charge in [-0.15, -0.1) is 11.3 Å². The van der Waals surface area contributed by atoms with Crippen molar-refractivity contribution in [2.24, 2.45) is 0 Å². The SMILES string of the molecule is O=C(Nc1nccs1)c1cc(S(=O)(=O)NC2CC2)c(Cl)cc1Cl. The fraction of sp³-hybridized carbons (Fsp3) is 0.231. The van der Waals surface area contributed by atoms with Gasteiger partial charge in [-0.2, -0.15) is 0 Å². The molecule has 0 saturated heterocycles. The highest BCUT2D eigenvalue weighted by Crippen LogP contribution is 2.31. The first-order valence-corrected chi connectivity index (χ1v) is 9.71. The summed E-state index contributed by atoms with van der Waals surface area (Å²) in [7, 11) is -3.80. The maximum absolute atomic E-state index is 12.3. The van der Waals surface area contributed by atoms with Gasteiger partial charge in [0.1, 0.15) is 4.90 Å². The molecule has 0 radical (unpaired) electrons. The number of amides is 1. The standard InChI is InChI=1S/C13H11Cl2N3O3S2/c14-9-6-10(15)11(23(20,21)18-7-1-2-7)5-8(9)12(19)17-13-16-3-4-22-13/h3-7,18H,1-2H2,(H,16,17,19). The number of nitrogens with zero attached hydrogens (tertiary/aromatic N) is 1. The van der Waals surface area contributed by atoms with E-state index in [0.29, 0.717) is 5.13 Å². The van der Waals surface area contributed by atoms with Crippen LogP contribution in [0.15, 0.2) is 28.6 Å². The Bertz CT molecular complexity index is 850. The molecule has 0 spiro atoms. The first-order valence-electron chi connectivity index (χ1n) is 6.59. The number of halogens is 2. The highest BCUT2D eigenvalue weighted by atomic mass is 35.5. The normalized spacial score (nSPS) is 14.7. The summed E-state index contributed by atoms with van der Waals surface area (Å²) < 4.78 is 27.2. The molecular formula is C13H11Cl2N3O3S2. The Morgan fingerprint density at radius 2 is 2.00 bits per heavy atom. The average molecular weight is 392 g/mol. The average Bonchev–Trinajstić information content (AvgIpc) is 3.10. The van der Waals surface area contributed by atoms with Crippen LogP contribution in [-0.2, 0) is 10.0 Å². The number of hydrogen-bond donors (Lipinski definition) is 2. The molecule has 1 saturated carbocycles. The van der Waals surface area contributed by atoms with Crippen LogP contribution in [-0.4, -0.2) is 25.4 Å². The van der Waals surface area contributed by atoms with E-state index in [1.54, 1.807) is 11.6 Å². The summed E-state index contributed by atoms with van der Waals surface area (Å²) in [5, 5.41) is 4.68. The third kappa shape index (κ3) is 3.84. The van der Waals surface area contributed by atoms with Crippen LogP contribution in [0.1, 0.15) is 23.2 Å². The summed E-state index contributed by atoms with van der Waals surface area (Å²) in [6.45, 7) is 0. The largest absolute Gasteiger partial charge is 0.298 e. The van der Waals surface area contributed by atoms with Crippen LogP contribution in [0.4, 0.5) is 5.13 Å². The smallest absolute Gasteiger partial charge is 0.259 e. The van der Waals surface area contributed by atoms with E-state index < -0.39 is 15.9 Å². The molecule has 23 heavy (non-hydrogen) atoms. The molecule has 0 unspecified atom stereocenters. The minimum Gasteiger partial charge on any atom is -0.298 e. The number of sulfonamides is 1. The Morgan fingerprint density at radius 3 is 2.61 bits per heavy atom. The second kappa shape index (κ2) is 6.37. The summed E-state index contributed by atoms with van der Waals surface area (Å²) in [6.07, 6.45) is 3.13. The minimum absolute atomic E-state index is 0.0161. The van der Waals surface area contributed by atoms with Crippen molar-refractivity contribution in [1.82, 2.24) is 9.71 Å². The summed E-state index contributed by atoms with van der Waals surface area (Å²) in [5.74, 6) is -0.551. The van der Waals surface area contributed by atoms with E-state index >= 15 is 0 Å². The lowest BCUT2D eigenvalue weighted by Crippen LogP contribution is -2.26. The number of nitrogens with one attached hydrogen (secondary N) is 2. The number of rotatable bonds is 5. The molecule has 2 N–H and O–H groups in total. The van der Waals surface area contributed by atoms with E-state index in [-0.39, 0.29) is 26.5 Å². The first kappa shape index (κ1) is 16.7. The van der Waals surface area contributed by atoms with E-state index in [9.17, 15) is 13.2 Å². The minimum atomic E-state index is -3.80. The number of thiazole rings is 1. The third-order valence-electron chi connectivity index (χ3n) is 3.11. The van der Waals surface area contributed by atoms with E-state index in [0.717, 1.165) is 12.8 Å². The lowest BCUT2D eigenvalue weighted by molar-refractivity contribution is 0.102. The number of aromatic nitrogens is 1. The van der Waals surface area contributed by atoms with Gasteiger partial charge in [0, 0.05) is 17.6 Å². The molecule has 2 aromatic rings. The van der Waals surface area contributed by atoms with Gasteiger partial charge in [0.25, 0.3) is 5.91 Å². The zero-order valence-electron chi connectivity index (χ0n) is 11.5. The van der Waals surface area contributed by atoms with E-state index in [2.05, 4.69) is 15.0 Å². The lowest BCUT2D eigenvalue weighted by atomic mass is 10.2. The number of anilines is 1. The second-order valence-corrected chi connectivity index (χ2v) is 8.34. The molecule has 1 aliphatic rings. The van der Waals surface area contributed by atoms with E-state index in [1.807, 2.05) is 0 Å². The first-order chi connectivity index (χ1) is 10.9. The molecule has 0 bridgehead atoms. The van der Waals surface area contributed by atoms with Crippen LogP contribution < -0.4 is 10.0 Å². The molecule has 0 aliphatic heterocycles. The molecule has 6 nitrogen and oxygen atoms in total. The van der Waals surface area contributed by atoms with Gasteiger partial charge in [-0.1, -0.05) is 23.2 Å². The number of carbonyl (C=O) groups excluding carboxylic acids is 1. The van der Waals surface area contributed by atoms with Crippen molar-refractivity contribution >= 4 is 55.6 Å². The fourth-order valence-corrected chi connectivity index (χ4v) is 4.53. The third-order valence-corrected chi connectivity index (χ3v) is 6.09. The summed E-state index contributed by atoms with van der Waals surface area (Å²) >= 11 is 13.3. The number of benzene rings is 1. The molecular weight excluding hydrogens is 381 g/mol. The predicted molar refractivity (Wildman–Crippen MR) is 89.9 cm³/mol. The van der Waals surface area contributed by atoms with Gasteiger partial charge >= 0.3 is 0 Å². The monoisotopic (exact) mass is 391 g/mol. The van der Waals surface area contributed by atoms with Crippen molar-refractivity contribution in [1.29, 1.82) is 0 Å². The van der Waals surface area contributed by atoms with Gasteiger partial charge in [-0.3, -0.25) is 10.1 Å². The molecule has 0 atom stereocenters. The summed E-state index contributed by atoms with van der Waals surface area (Å²) in [5.41, 5.74) is 0.0161. The quantitative estimate of drug-likeness (QED) is 0.818. The van der Waals surface area contributed by atoms with Crippen molar-refractivity contribution < 1.29 is 13.2 Å². The summed E-state index contributed by atoms with van der Waals surface area (Å²) in [6, 6.07) is 2.36. The molecule has 122 valence electrons. The van der Waals surface area contributed by atoms with Gasteiger partial charge in [0.15, 0.2) is 5.13 Å². The zero-order valence-corrected chi connectivity index (χ0v) is 14.7. The fourth-order valence-electron chi connectivity index (χ4n) is 1.84. The Balaban J connectivity index is 1.94. The van der Waals surface area contributed by atoms with Crippen molar-refractivity contribution in [3.05, 3.63) is 39.3 Å². The maximum atomic E-state index is 12.3. The van der Waals surface area contributed by atoms with Crippen LogP contribution in [0.2, 0.25) is 10.0 Å². The van der Waals surface area contributed by atoms with Crippen molar-refractivity contribution in [2.45, 2.75) is 23.8 Å². The number of hydrogen-bond acceptors (Lipinski definition) is 5. The molecule has 3 rings (SSSR count). The van der Waals surface area contributed by atoms with Gasteiger partial charge in [-0.25, -0.2) is 18.1 Å². The van der Waals surface area contributed by atoms with Crippen LogP contribution in [0.25, 0.3) is 0 Å². The topological polar surface area (TPSA) is 88.2 Å². The molecule has 10 heteroatoms. The van der Waals surface area contributed by atoms with Gasteiger partial charge in [0.05, 0.1) is 15.6 Å². The van der Waals surface area contributed by atoms with Crippen LogP contribution in [0.3, 0.4) is 0 Å². The van der Waals surface area contributed by atoms with Crippen LogP contribution in [0.5, 0.6) is 0 Å². The van der Waals surface area contributed by atoms with Crippen LogP contribution in [0, 0.1) is 0 Å². The Labute approximate surface area is 146 Å². The molecule has 1 fully saturated rings. The molecule has 1 aromatic heterocycles. The van der Waals surface area contributed by atoms with Gasteiger partial charge in [0.2, 0.25) is 10.0 Å². The van der Waals surface area contributed by atoms with Crippen LogP contribution >= 0.6 is 34.5 Å². The van der Waals surface area contributed by atoms with E-state index in [4.69, 9.17) is 23.2 Å². The van der Waals surface area contributed by atoms with Crippen molar-refractivity contribution in [3.8, 4) is 0 Å². The highest BCUT2D eigenvalue weighted by Gasteiger charge is 2.30. The maximum Gasteiger partial charge on any atom is 0.259 e. The Morgan fingerprint density at radius 1 is 1.26 bits per heavy atom. The molecule has 1 heterocycles. The van der Waals surface area contributed by atoms with Crippen molar-refractivity contribution in [3.63, 3.8) is 0 Å². The van der Waals surface area contributed by atoms with Gasteiger partial charge in [-0.05, 0) is 25.0 Å². The molecule has 1 aliphatic carbocycles. The summed E-state index contributed by atoms with van der Waals surface area (Å²) in [4.78, 5) is 16.0. The molecule has 1 aromatic carbocycles. The number of carbonyl (C=O) groups is 1. The Kier molecular flexibility index (Phi) is 4.61. The Hall–Kier alpha value is -1.19. The van der Waals surface area contributed by atoms with Crippen molar-refractivity contribution in [2.75, 3.05) is 5.32 Å².